The summed E-state index contributed by atoms with van der Waals surface area (Å²) in [4.78, 5) is 26.8. The highest BCUT2D eigenvalue weighted by Crippen LogP contribution is 2.43. The van der Waals surface area contributed by atoms with Crippen molar-refractivity contribution in [2.45, 2.75) is 127 Å². The molecule has 4 aromatic carbocycles. The molecule has 350 valence electrons. The molecule has 1 aliphatic rings. The van der Waals surface area contributed by atoms with E-state index in [-0.39, 0.29) is 18.3 Å². The van der Waals surface area contributed by atoms with Gasteiger partial charge in [0.1, 0.15) is 41.7 Å². The normalized spacial score (nSPS) is 17.3. The van der Waals surface area contributed by atoms with Crippen molar-refractivity contribution in [3.8, 4) is 11.5 Å². The summed E-state index contributed by atoms with van der Waals surface area (Å²) >= 11 is 0. The fourth-order valence-electron chi connectivity index (χ4n) is 8.96. The van der Waals surface area contributed by atoms with Gasteiger partial charge < -0.3 is 34.1 Å². The molecular formula is C54H67N5O7. The number of hydrogen-bond donors (Lipinski definition) is 2. The smallest absolute Gasteiger partial charge is 0.256 e. The molecule has 0 unspecified atom stereocenters. The van der Waals surface area contributed by atoms with Crippen LogP contribution >= 0.6 is 0 Å². The molecule has 0 spiro atoms. The summed E-state index contributed by atoms with van der Waals surface area (Å²) in [7, 11) is 3.28. The summed E-state index contributed by atoms with van der Waals surface area (Å²) < 4.78 is 33.5. The van der Waals surface area contributed by atoms with Crippen molar-refractivity contribution in [2.24, 2.45) is 0 Å². The minimum Gasteiger partial charge on any atom is -0.497 e. The number of anilines is 1. The summed E-state index contributed by atoms with van der Waals surface area (Å²) in [6.45, 7) is 2.70. The fourth-order valence-corrected chi connectivity index (χ4v) is 8.96. The Balaban J connectivity index is 1.09. The van der Waals surface area contributed by atoms with Gasteiger partial charge in [-0.05, 0) is 59.5 Å². The maximum atomic E-state index is 13.2. The van der Waals surface area contributed by atoms with E-state index in [1.54, 1.807) is 49.4 Å². The van der Waals surface area contributed by atoms with Gasteiger partial charge in [-0.2, -0.15) is 0 Å². The molecule has 66 heavy (non-hydrogen) atoms. The number of unbranched alkanes of at least 4 members (excludes halogenated alkanes) is 13. The number of benzene rings is 4. The number of aromatic nitrogens is 4. The zero-order valence-electron chi connectivity index (χ0n) is 38.9. The van der Waals surface area contributed by atoms with E-state index < -0.39 is 30.1 Å². The Morgan fingerprint density at radius 1 is 0.682 bits per heavy atom. The molecule has 12 nitrogen and oxygen atoms in total. The molecule has 0 saturated carbocycles. The van der Waals surface area contributed by atoms with Gasteiger partial charge in [-0.25, -0.2) is 15.0 Å². The second-order valence-corrected chi connectivity index (χ2v) is 17.2. The number of aliphatic hydroxyl groups is 1. The maximum absolute atomic E-state index is 13.2. The number of ether oxygens (including phenoxy) is 5. The van der Waals surface area contributed by atoms with Gasteiger partial charge in [0, 0.05) is 12.2 Å². The average Bonchev–Trinajstić information content (AvgIpc) is 3.94. The first-order chi connectivity index (χ1) is 32.5. The standard InChI is InChI=1S/C54H67N5O7/c1-4-5-6-7-8-9-10-11-12-13-14-15-16-23-36-64-49-48(60)46(66-53(49)59-39-57-47-50(55-38-56-51(47)59)58-52(61)40-24-19-17-20-25-40)37-65-54(41-26-21-18-22-27-41,42-28-32-44(62-2)33-29-42)43-30-34-45(63-3)35-31-43/h17-22,24-35,38-39,46,48-49,53,60H,4-16,23,36-37H2,1-3H3,(H,55,56,58,61)/t46-,48-,49-,53-/m1/s1. The lowest BCUT2D eigenvalue weighted by Gasteiger charge is -2.37. The monoisotopic (exact) mass is 898 g/mol. The Morgan fingerprint density at radius 3 is 1.77 bits per heavy atom. The third-order valence-electron chi connectivity index (χ3n) is 12.7. The number of nitrogens with zero attached hydrogens (tertiary/aromatic N) is 4. The van der Waals surface area contributed by atoms with E-state index in [0.29, 0.717) is 34.8 Å². The first kappa shape index (κ1) is 48.3. The van der Waals surface area contributed by atoms with Crippen LogP contribution < -0.4 is 14.8 Å². The number of nitrogens with one attached hydrogen (secondary N) is 1. The molecule has 7 rings (SSSR count). The zero-order chi connectivity index (χ0) is 46.0. The number of amides is 1. The summed E-state index contributed by atoms with van der Waals surface area (Å²) in [6, 6.07) is 34.6. The summed E-state index contributed by atoms with van der Waals surface area (Å²) in [5, 5.41) is 15.2. The molecule has 1 amide bonds. The SMILES string of the molecule is CCCCCCCCCCCCCCCCO[C@@H]1[C@H](O)[C@@H](COC(c2ccccc2)(c2ccc(OC)cc2)c2ccc(OC)cc2)O[C@H]1n1cnc2c(NC(=O)c3ccccc3)ncnc21. The lowest BCUT2D eigenvalue weighted by molar-refractivity contribution is -0.0961. The molecule has 6 aromatic rings. The predicted octanol–water partition coefficient (Wildman–Crippen LogP) is 11.2. The van der Waals surface area contributed by atoms with Crippen molar-refractivity contribution in [3.05, 3.63) is 144 Å². The van der Waals surface area contributed by atoms with Crippen molar-refractivity contribution < 1.29 is 33.6 Å². The van der Waals surface area contributed by atoms with Gasteiger partial charge in [0.2, 0.25) is 0 Å². The van der Waals surface area contributed by atoms with Crippen molar-refractivity contribution in [1.82, 2.24) is 19.5 Å². The van der Waals surface area contributed by atoms with Crippen LogP contribution in [0, 0.1) is 0 Å². The summed E-state index contributed by atoms with van der Waals surface area (Å²) in [6.07, 6.45) is 17.1. The maximum Gasteiger partial charge on any atom is 0.256 e. The van der Waals surface area contributed by atoms with Gasteiger partial charge >= 0.3 is 0 Å². The third-order valence-corrected chi connectivity index (χ3v) is 12.7. The van der Waals surface area contributed by atoms with Crippen LogP contribution in [-0.4, -0.2) is 76.3 Å². The van der Waals surface area contributed by atoms with Crippen LogP contribution in [0.25, 0.3) is 11.2 Å². The van der Waals surface area contributed by atoms with Crippen LogP contribution in [0.1, 0.15) is 130 Å². The second kappa shape index (κ2) is 24.7. The highest BCUT2D eigenvalue weighted by molar-refractivity contribution is 6.06. The molecule has 0 radical (unpaired) electrons. The quantitative estimate of drug-likeness (QED) is 0.0379. The van der Waals surface area contributed by atoms with Crippen LogP contribution in [0.5, 0.6) is 11.5 Å². The summed E-state index contributed by atoms with van der Waals surface area (Å²) in [5.74, 6) is 1.37. The van der Waals surface area contributed by atoms with E-state index in [1.807, 2.05) is 84.9 Å². The number of fused-ring (bicyclic) bond motifs is 1. The largest absolute Gasteiger partial charge is 0.497 e. The molecule has 3 heterocycles. The zero-order valence-corrected chi connectivity index (χ0v) is 38.9. The first-order valence-corrected chi connectivity index (χ1v) is 23.9. The van der Waals surface area contributed by atoms with E-state index in [9.17, 15) is 9.90 Å². The molecule has 0 aliphatic carbocycles. The molecular weight excluding hydrogens is 831 g/mol. The highest BCUT2D eigenvalue weighted by Gasteiger charge is 2.48. The average molecular weight is 898 g/mol. The Labute approximate surface area is 390 Å². The van der Waals surface area contributed by atoms with E-state index in [0.717, 1.165) is 36.0 Å². The molecule has 1 aliphatic heterocycles. The minimum absolute atomic E-state index is 0.0106. The second-order valence-electron chi connectivity index (χ2n) is 17.2. The van der Waals surface area contributed by atoms with Crippen LogP contribution in [0.15, 0.2) is 122 Å². The van der Waals surface area contributed by atoms with Crippen molar-refractivity contribution in [1.29, 1.82) is 0 Å². The Morgan fingerprint density at radius 2 is 1.21 bits per heavy atom. The van der Waals surface area contributed by atoms with Gasteiger partial charge in [0.25, 0.3) is 5.91 Å². The van der Waals surface area contributed by atoms with Crippen LogP contribution in [0.3, 0.4) is 0 Å². The predicted molar refractivity (Wildman–Crippen MR) is 258 cm³/mol. The van der Waals surface area contributed by atoms with Crippen LogP contribution in [0.2, 0.25) is 0 Å². The van der Waals surface area contributed by atoms with Crippen molar-refractivity contribution >= 4 is 22.9 Å². The lowest BCUT2D eigenvalue weighted by Crippen LogP contribution is -2.40. The summed E-state index contributed by atoms with van der Waals surface area (Å²) in [5.41, 5.74) is 2.76. The molecule has 4 atom stereocenters. The van der Waals surface area contributed by atoms with Crippen LogP contribution in [0.4, 0.5) is 5.82 Å². The number of imidazole rings is 1. The van der Waals surface area contributed by atoms with Crippen LogP contribution in [-0.2, 0) is 19.8 Å². The van der Waals surface area contributed by atoms with Crippen molar-refractivity contribution in [3.63, 3.8) is 0 Å². The molecule has 0 bridgehead atoms. The molecule has 1 saturated heterocycles. The fraction of sp³-hybridized carbons (Fsp3) is 0.444. The number of methoxy groups -OCH3 is 2. The Bertz CT molecular complexity index is 2300. The third kappa shape index (κ3) is 12.0. The number of carbonyl (C=O) groups is 1. The van der Waals surface area contributed by atoms with Gasteiger partial charge in [0.15, 0.2) is 23.2 Å². The minimum atomic E-state index is -1.13. The van der Waals surface area contributed by atoms with Gasteiger partial charge in [0.05, 0.1) is 27.2 Å². The van der Waals surface area contributed by atoms with Gasteiger partial charge in [-0.3, -0.25) is 9.36 Å². The Kier molecular flexibility index (Phi) is 18.1. The number of rotatable bonds is 27. The highest BCUT2D eigenvalue weighted by atomic mass is 16.6. The molecule has 2 N–H and O–H groups in total. The van der Waals surface area contributed by atoms with E-state index in [2.05, 4.69) is 27.2 Å². The topological polar surface area (TPSA) is 139 Å². The number of carbonyl (C=O) groups excluding carboxylic acids is 1. The van der Waals surface area contributed by atoms with E-state index >= 15 is 0 Å². The first-order valence-electron chi connectivity index (χ1n) is 23.9. The molecule has 1 fully saturated rings. The van der Waals surface area contributed by atoms with E-state index in [1.165, 1.54) is 77.0 Å². The number of hydrogen-bond acceptors (Lipinski definition) is 10. The van der Waals surface area contributed by atoms with E-state index in [4.69, 9.17) is 23.7 Å². The van der Waals surface area contributed by atoms with Gasteiger partial charge in [-0.1, -0.05) is 163 Å². The van der Waals surface area contributed by atoms with Gasteiger partial charge in [-0.15, -0.1) is 0 Å². The lowest BCUT2D eigenvalue weighted by atomic mass is 9.80. The Hall–Kier alpha value is -5.66. The molecule has 12 heteroatoms. The molecule has 2 aromatic heterocycles. The van der Waals surface area contributed by atoms with Crippen molar-refractivity contribution in [2.75, 3.05) is 32.8 Å². The number of aliphatic hydroxyl groups excluding tert-OH is 1.